The first-order chi connectivity index (χ1) is 12.6. The molecule has 1 aliphatic carbocycles. The molecule has 0 atom stereocenters. The van der Waals surface area contributed by atoms with E-state index in [2.05, 4.69) is 5.32 Å². The van der Waals surface area contributed by atoms with Gasteiger partial charge in [-0.2, -0.15) is 0 Å². The van der Waals surface area contributed by atoms with Crippen LogP contribution in [0.15, 0.2) is 24.3 Å². The molecule has 2 amide bonds. The van der Waals surface area contributed by atoms with Gasteiger partial charge < -0.3 is 15.3 Å². The predicted molar refractivity (Wildman–Crippen MR) is 101 cm³/mol. The van der Waals surface area contributed by atoms with Crippen LogP contribution in [0.25, 0.3) is 0 Å². The maximum Gasteiger partial charge on any atom is 0.223 e. The molecule has 1 aromatic rings. The minimum Gasteiger partial charge on any atom is -0.508 e. The summed E-state index contributed by atoms with van der Waals surface area (Å²) in [5.41, 5.74) is 0.815. The van der Waals surface area contributed by atoms with Crippen molar-refractivity contribution in [3.63, 3.8) is 0 Å². The van der Waals surface area contributed by atoms with Gasteiger partial charge in [0.2, 0.25) is 11.8 Å². The van der Waals surface area contributed by atoms with Crippen LogP contribution >= 0.6 is 0 Å². The van der Waals surface area contributed by atoms with Gasteiger partial charge in [0.15, 0.2) is 0 Å². The molecule has 0 radical (unpaired) electrons. The SMILES string of the molecule is O=C(NC1CCN(C(=O)CCc2ccccc2O)CC1)C1CCCCC1. The fourth-order valence-corrected chi connectivity index (χ4v) is 4.08. The molecule has 2 aliphatic rings. The van der Waals surface area contributed by atoms with Gasteiger partial charge in [0.05, 0.1) is 0 Å². The molecule has 2 N–H and O–H groups in total. The molecule has 5 heteroatoms. The van der Waals surface area contributed by atoms with Crippen molar-refractivity contribution in [2.45, 2.75) is 63.8 Å². The molecule has 142 valence electrons. The maximum atomic E-state index is 12.4. The van der Waals surface area contributed by atoms with Crippen molar-refractivity contribution in [2.75, 3.05) is 13.1 Å². The highest BCUT2D eigenvalue weighted by Crippen LogP contribution is 2.24. The summed E-state index contributed by atoms with van der Waals surface area (Å²) in [6.07, 6.45) is 8.28. The van der Waals surface area contributed by atoms with E-state index >= 15 is 0 Å². The van der Waals surface area contributed by atoms with E-state index < -0.39 is 0 Å². The lowest BCUT2D eigenvalue weighted by molar-refractivity contribution is -0.132. The van der Waals surface area contributed by atoms with Crippen LogP contribution in [-0.2, 0) is 16.0 Å². The standard InChI is InChI=1S/C21H30N2O3/c24-19-9-5-4-6-16(19)10-11-20(25)23-14-12-18(13-15-23)22-21(26)17-7-2-1-3-8-17/h4-6,9,17-18,24H,1-3,7-8,10-15H2,(H,22,26). The highest BCUT2D eigenvalue weighted by molar-refractivity contribution is 5.79. The number of nitrogens with zero attached hydrogens (tertiary/aromatic N) is 1. The van der Waals surface area contributed by atoms with Crippen LogP contribution in [0.3, 0.4) is 0 Å². The van der Waals surface area contributed by atoms with Gasteiger partial charge in [-0.1, -0.05) is 37.5 Å². The van der Waals surface area contributed by atoms with Crippen molar-refractivity contribution in [3.8, 4) is 5.75 Å². The molecule has 0 bridgehead atoms. The van der Waals surface area contributed by atoms with Crippen LogP contribution in [-0.4, -0.2) is 41.0 Å². The summed E-state index contributed by atoms with van der Waals surface area (Å²) < 4.78 is 0. The number of aromatic hydroxyl groups is 1. The summed E-state index contributed by atoms with van der Waals surface area (Å²) in [6, 6.07) is 7.37. The van der Waals surface area contributed by atoms with Crippen molar-refractivity contribution in [1.29, 1.82) is 0 Å². The Hall–Kier alpha value is -2.04. The van der Waals surface area contributed by atoms with E-state index in [1.54, 1.807) is 12.1 Å². The Balaban J connectivity index is 1.39. The zero-order valence-corrected chi connectivity index (χ0v) is 15.5. The van der Waals surface area contributed by atoms with E-state index in [9.17, 15) is 14.7 Å². The van der Waals surface area contributed by atoms with Gasteiger partial charge in [0, 0.05) is 31.5 Å². The smallest absolute Gasteiger partial charge is 0.223 e. The fourth-order valence-electron chi connectivity index (χ4n) is 4.08. The second kappa shape index (κ2) is 9.06. The molecule has 0 aromatic heterocycles. The number of phenols is 1. The van der Waals surface area contributed by atoms with Crippen LogP contribution in [0.1, 0.15) is 56.9 Å². The lowest BCUT2D eigenvalue weighted by atomic mass is 9.88. The maximum absolute atomic E-state index is 12.4. The van der Waals surface area contributed by atoms with Crippen molar-refractivity contribution in [3.05, 3.63) is 29.8 Å². The highest BCUT2D eigenvalue weighted by atomic mass is 16.3. The number of rotatable bonds is 5. The molecular formula is C21H30N2O3. The largest absolute Gasteiger partial charge is 0.508 e. The first-order valence-corrected chi connectivity index (χ1v) is 9.98. The Bertz CT molecular complexity index is 617. The Morgan fingerprint density at radius 2 is 1.73 bits per heavy atom. The molecule has 0 spiro atoms. The van der Waals surface area contributed by atoms with Gasteiger partial charge >= 0.3 is 0 Å². The number of hydrogen-bond acceptors (Lipinski definition) is 3. The second-order valence-corrected chi connectivity index (χ2v) is 7.63. The zero-order chi connectivity index (χ0) is 18.4. The van der Waals surface area contributed by atoms with Crippen molar-refractivity contribution >= 4 is 11.8 Å². The van der Waals surface area contributed by atoms with E-state index in [1.807, 2.05) is 17.0 Å². The highest BCUT2D eigenvalue weighted by Gasteiger charge is 2.27. The summed E-state index contributed by atoms with van der Waals surface area (Å²) in [5, 5.41) is 13.0. The number of likely N-dealkylation sites (tertiary alicyclic amines) is 1. The number of hydrogen-bond donors (Lipinski definition) is 2. The minimum absolute atomic E-state index is 0.130. The number of amides is 2. The van der Waals surface area contributed by atoms with Gasteiger partial charge in [0.25, 0.3) is 0 Å². The predicted octanol–water partition coefficient (Wildman–Crippen LogP) is 3.01. The number of aryl methyl sites for hydroxylation is 1. The van der Waals surface area contributed by atoms with Crippen LogP contribution in [0, 0.1) is 5.92 Å². The number of carbonyl (C=O) groups excluding carboxylic acids is 2. The van der Waals surface area contributed by atoms with E-state index in [0.717, 1.165) is 31.2 Å². The normalized spacial score (nSPS) is 19.3. The summed E-state index contributed by atoms with van der Waals surface area (Å²) >= 11 is 0. The van der Waals surface area contributed by atoms with Crippen molar-refractivity contribution in [2.24, 2.45) is 5.92 Å². The summed E-state index contributed by atoms with van der Waals surface area (Å²) in [7, 11) is 0. The van der Waals surface area contributed by atoms with E-state index in [-0.39, 0.29) is 29.5 Å². The molecule has 3 rings (SSSR count). The second-order valence-electron chi connectivity index (χ2n) is 7.63. The molecule has 1 saturated carbocycles. The Labute approximate surface area is 155 Å². The van der Waals surface area contributed by atoms with E-state index in [4.69, 9.17) is 0 Å². The number of nitrogens with one attached hydrogen (secondary N) is 1. The molecule has 1 aliphatic heterocycles. The van der Waals surface area contributed by atoms with Crippen LogP contribution < -0.4 is 5.32 Å². The molecule has 1 saturated heterocycles. The Morgan fingerprint density at radius 3 is 2.42 bits per heavy atom. The van der Waals surface area contributed by atoms with Crippen molar-refractivity contribution < 1.29 is 14.7 Å². The first-order valence-electron chi connectivity index (χ1n) is 9.98. The number of phenolic OH excluding ortho intramolecular Hbond substituents is 1. The number of benzene rings is 1. The lowest BCUT2D eigenvalue weighted by Gasteiger charge is -2.33. The van der Waals surface area contributed by atoms with Gasteiger partial charge in [-0.05, 0) is 43.7 Å². The number of para-hydroxylation sites is 1. The van der Waals surface area contributed by atoms with Crippen LogP contribution in [0.5, 0.6) is 5.75 Å². The van der Waals surface area contributed by atoms with Gasteiger partial charge in [-0.15, -0.1) is 0 Å². The molecule has 1 heterocycles. The third-order valence-corrected chi connectivity index (χ3v) is 5.77. The van der Waals surface area contributed by atoms with Crippen molar-refractivity contribution in [1.82, 2.24) is 10.2 Å². The lowest BCUT2D eigenvalue weighted by Crippen LogP contribution is -2.48. The quantitative estimate of drug-likeness (QED) is 0.850. The average Bonchev–Trinajstić information content (AvgIpc) is 2.68. The summed E-state index contributed by atoms with van der Waals surface area (Å²) in [4.78, 5) is 26.7. The van der Waals surface area contributed by atoms with Gasteiger partial charge in [0.1, 0.15) is 5.75 Å². The zero-order valence-electron chi connectivity index (χ0n) is 15.5. The average molecular weight is 358 g/mol. The molecule has 26 heavy (non-hydrogen) atoms. The topological polar surface area (TPSA) is 69.6 Å². The number of carbonyl (C=O) groups is 2. The molecule has 0 unspecified atom stereocenters. The van der Waals surface area contributed by atoms with E-state index in [1.165, 1.54) is 19.3 Å². The summed E-state index contributed by atoms with van der Waals surface area (Å²) in [5.74, 6) is 0.797. The fraction of sp³-hybridized carbons (Fsp3) is 0.619. The van der Waals surface area contributed by atoms with Crippen LogP contribution in [0.2, 0.25) is 0 Å². The first kappa shape index (κ1) is 18.7. The van der Waals surface area contributed by atoms with Gasteiger partial charge in [-0.3, -0.25) is 9.59 Å². The van der Waals surface area contributed by atoms with Gasteiger partial charge in [-0.25, -0.2) is 0 Å². The Morgan fingerprint density at radius 1 is 1.04 bits per heavy atom. The monoisotopic (exact) mass is 358 g/mol. The molecule has 2 fully saturated rings. The third kappa shape index (κ3) is 4.99. The summed E-state index contributed by atoms with van der Waals surface area (Å²) in [6.45, 7) is 1.41. The number of piperidine rings is 1. The third-order valence-electron chi connectivity index (χ3n) is 5.77. The molecule has 1 aromatic carbocycles. The van der Waals surface area contributed by atoms with Crippen LogP contribution in [0.4, 0.5) is 0 Å². The van der Waals surface area contributed by atoms with E-state index in [0.29, 0.717) is 25.9 Å². The molecular weight excluding hydrogens is 328 g/mol. The minimum atomic E-state index is 0.130. The molecule has 5 nitrogen and oxygen atoms in total. The Kier molecular flexibility index (Phi) is 6.53.